The number of hydrogen-bond acceptors (Lipinski definition) is 5. The Morgan fingerprint density at radius 1 is 1.29 bits per heavy atom. The van der Waals surface area contributed by atoms with Crippen LogP contribution in [0.3, 0.4) is 0 Å². The van der Waals surface area contributed by atoms with Gasteiger partial charge < -0.3 is 15.0 Å². The Morgan fingerprint density at radius 3 is 2.62 bits per heavy atom. The second kappa shape index (κ2) is 6.24. The summed E-state index contributed by atoms with van der Waals surface area (Å²) in [5.74, 6) is -0.726. The molecule has 3 amide bonds. The normalized spacial score (nSPS) is 23.3. The van der Waals surface area contributed by atoms with E-state index in [1.54, 1.807) is 4.90 Å². The van der Waals surface area contributed by atoms with Crippen LogP contribution in [0.2, 0.25) is 0 Å². The summed E-state index contributed by atoms with van der Waals surface area (Å²) >= 11 is 0. The van der Waals surface area contributed by atoms with E-state index >= 15 is 0 Å². The summed E-state index contributed by atoms with van der Waals surface area (Å²) in [6, 6.07) is 9.92. The van der Waals surface area contributed by atoms with Crippen LogP contribution >= 0.6 is 0 Å². The number of ether oxygens (including phenoxy) is 1. The predicted molar refractivity (Wildman–Crippen MR) is 86.0 cm³/mol. The zero-order valence-electron chi connectivity index (χ0n) is 13.8. The molecule has 1 unspecified atom stereocenters. The molecular formula is C17H21N3O4. The monoisotopic (exact) mass is 331 g/mol. The summed E-state index contributed by atoms with van der Waals surface area (Å²) in [6.07, 6.45) is -0.756. The summed E-state index contributed by atoms with van der Waals surface area (Å²) in [4.78, 5) is 39.0. The largest absolute Gasteiger partial charge is 0.433 e. The van der Waals surface area contributed by atoms with Crippen LogP contribution in [0.25, 0.3) is 0 Å². The second-order valence-corrected chi connectivity index (χ2v) is 6.53. The summed E-state index contributed by atoms with van der Waals surface area (Å²) in [7, 11) is 0. The lowest BCUT2D eigenvalue weighted by atomic mass is 10.0. The number of carbonyl (C=O) groups excluding carboxylic acids is 3. The Hall–Kier alpha value is -2.41. The number of imide groups is 1. The average molecular weight is 331 g/mol. The first kappa shape index (κ1) is 16.4. The Morgan fingerprint density at radius 2 is 2.00 bits per heavy atom. The number of piperazine rings is 1. The van der Waals surface area contributed by atoms with Crippen molar-refractivity contribution in [2.24, 2.45) is 0 Å². The van der Waals surface area contributed by atoms with Crippen molar-refractivity contribution >= 4 is 17.9 Å². The third kappa shape index (κ3) is 3.12. The number of cyclic esters (lactones) is 1. The molecule has 2 fully saturated rings. The first-order valence-electron chi connectivity index (χ1n) is 7.99. The minimum Gasteiger partial charge on any atom is -0.433 e. The van der Waals surface area contributed by atoms with Crippen molar-refractivity contribution in [3.63, 3.8) is 0 Å². The highest BCUT2D eigenvalue weighted by Crippen LogP contribution is 2.24. The van der Waals surface area contributed by atoms with Crippen molar-refractivity contribution in [2.45, 2.75) is 25.5 Å². The summed E-state index contributed by atoms with van der Waals surface area (Å²) < 4.78 is 5.01. The maximum atomic E-state index is 12.5. The van der Waals surface area contributed by atoms with Crippen LogP contribution < -0.4 is 5.32 Å². The van der Waals surface area contributed by atoms with Gasteiger partial charge >= 0.3 is 6.09 Å². The lowest BCUT2D eigenvalue weighted by Gasteiger charge is -2.34. The van der Waals surface area contributed by atoms with Gasteiger partial charge in [-0.2, -0.15) is 0 Å². The van der Waals surface area contributed by atoms with Gasteiger partial charge in [0.25, 0.3) is 5.91 Å². The van der Waals surface area contributed by atoms with Crippen molar-refractivity contribution in [3.8, 4) is 0 Å². The van der Waals surface area contributed by atoms with Crippen LogP contribution in [-0.2, 0) is 14.3 Å². The maximum absolute atomic E-state index is 12.5. The van der Waals surface area contributed by atoms with Crippen molar-refractivity contribution in [1.82, 2.24) is 15.1 Å². The minimum atomic E-state index is -1.20. The van der Waals surface area contributed by atoms with Gasteiger partial charge in [0.2, 0.25) is 5.91 Å². The fourth-order valence-electron chi connectivity index (χ4n) is 2.98. The minimum absolute atomic E-state index is 0.0431. The summed E-state index contributed by atoms with van der Waals surface area (Å²) in [6.45, 7) is 4.48. The topological polar surface area (TPSA) is 79.0 Å². The van der Waals surface area contributed by atoms with Crippen LogP contribution in [0.4, 0.5) is 4.79 Å². The average Bonchev–Trinajstić information content (AvgIpc) is 2.77. The zero-order valence-corrected chi connectivity index (χ0v) is 13.8. The maximum Gasteiger partial charge on any atom is 0.418 e. The van der Waals surface area contributed by atoms with Gasteiger partial charge in [0.05, 0.1) is 0 Å². The molecule has 7 heteroatoms. The van der Waals surface area contributed by atoms with Crippen molar-refractivity contribution < 1.29 is 19.1 Å². The molecule has 0 radical (unpaired) electrons. The fourth-order valence-corrected chi connectivity index (χ4v) is 2.98. The first-order valence-corrected chi connectivity index (χ1v) is 7.99. The van der Waals surface area contributed by atoms with Crippen LogP contribution in [0.15, 0.2) is 30.3 Å². The Balaban J connectivity index is 1.65. The number of rotatable bonds is 3. The molecular weight excluding hydrogens is 310 g/mol. The van der Waals surface area contributed by atoms with Crippen LogP contribution in [0.1, 0.15) is 25.5 Å². The van der Waals surface area contributed by atoms with Gasteiger partial charge in [0.15, 0.2) is 5.60 Å². The Bertz CT molecular complexity index is 659. The summed E-state index contributed by atoms with van der Waals surface area (Å²) in [5, 5.41) is 3.38. The highest BCUT2D eigenvalue weighted by Gasteiger charge is 2.48. The lowest BCUT2D eigenvalue weighted by molar-refractivity contribution is -0.140. The van der Waals surface area contributed by atoms with Crippen LogP contribution in [0.5, 0.6) is 0 Å². The molecule has 24 heavy (non-hydrogen) atoms. The molecule has 7 nitrogen and oxygen atoms in total. The molecule has 1 atom stereocenters. The number of nitrogens with one attached hydrogen (secondary N) is 1. The number of benzene rings is 1. The molecule has 2 saturated heterocycles. The number of carbonyl (C=O) groups is 3. The van der Waals surface area contributed by atoms with E-state index in [1.807, 2.05) is 30.3 Å². The molecule has 1 aromatic rings. The quantitative estimate of drug-likeness (QED) is 0.891. The predicted octanol–water partition coefficient (Wildman–Crippen LogP) is 0.917. The molecule has 2 aliphatic heterocycles. The van der Waals surface area contributed by atoms with E-state index in [0.29, 0.717) is 19.6 Å². The molecule has 0 aliphatic carbocycles. The molecule has 2 heterocycles. The molecule has 2 aliphatic rings. The van der Waals surface area contributed by atoms with E-state index in [2.05, 4.69) is 5.32 Å². The molecule has 0 aromatic heterocycles. The smallest absolute Gasteiger partial charge is 0.418 e. The third-order valence-corrected chi connectivity index (χ3v) is 4.35. The van der Waals surface area contributed by atoms with Crippen molar-refractivity contribution in [1.29, 1.82) is 0 Å². The van der Waals surface area contributed by atoms with Gasteiger partial charge in [0.1, 0.15) is 6.54 Å². The van der Waals surface area contributed by atoms with Crippen LogP contribution in [0, 0.1) is 0 Å². The highest BCUT2D eigenvalue weighted by atomic mass is 16.6. The number of amides is 3. The van der Waals surface area contributed by atoms with Gasteiger partial charge in [-0.25, -0.2) is 9.69 Å². The number of hydrogen-bond donors (Lipinski definition) is 1. The second-order valence-electron chi connectivity index (χ2n) is 6.53. The SMILES string of the molecule is CC1(C)OC(=O)N(CC(=O)N2CCNC(c3ccccc3)C2)C1=O. The van der Waals surface area contributed by atoms with Crippen molar-refractivity contribution in [3.05, 3.63) is 35.9 Å². The molecule has 1 aromatic carbocycles. The van der Waals surface area contributed by atoms with Gasteiger partial charge in [-0.05, 0) is 19.4 Å². The molecule has 1 N–H and O–H groups in total. The first-order chi connectivity index (χ1) is 11.4. The molecule has 0 spiro atoms. The molecule has 3 rings (SSSR count). The molecule has 128 valence electrons. The molecule has 0 saturated carbocycles. The fraction of sp³-hybridized carbons (Fsp3) is 0.471. The summed E-state index contributed by atoms with van der Waals surface area (Å²) in [5.41, 5.74) is -0.0966. The number of nitrogens with zero attached hydrogens (tertiary/aromatic N) is 2. The standard InChI is InChI=1S/C17H21N3O4/c1-17(2)15(22)20(16(23)24-17)11-14(21)19-9-8-18-13(10-19)12-6-4-3-5-7-12/h3-7,13,18H,8-11H2,1-2H3. The van der Waals surface area contributed by atoms with E-state index in [1.165, 1.54) is 13.8 Å². The van der Waals surface area contributed by atoms with Crippen LogP contribution in [-0.4, -0.2) is 59.5 Å². The third-order valence-electron chi connectivity index (χ3n) is 4.35. The van der Waals surface area contributed by atoms with E-state index in [-0.39, 0.29) is 18.5 Å². The Kier molecular flexibility index (Phi) is 4.28. The van der Waals surface area contributed by atoms with Gasteiger partial charge in [-0.3, -0.25) is 9.59 Å². The van der Waals surface area contributed by atoms with Gasteiger partial charge in [-0.15, -0.1) is 0 Å². The van der Waals surface area contributed by atoms with E-state index in [0.717, 1.165) is 10.5 Å². The van der Waals surface area contributed by atoms with Gasteiger partial charge in [-0.1, -0.05) is 30.3 Å². The highest BCUT2D eigenvalue weighted by molar-refractivity contribution is 6.04. The zero-order chi connectivity index (χ0) is 17.3. The lowest BCUT2D eigenvalue weighted by Crippen LogP contribution is -2.52. The van der Waals surface area contributed by atoms with Crippen molar-refractivity contribution in [2.75, 3.05) is 26.2 Å². The van der Waals surface area contributed by atoms with Gasteiger partial charge in [0, 0.05) is 25.7 Å². The van der Waals surface area contributed by atoms with E-state index in [4.69, 9.17) is 4.74 Å². The van der Waals surface area contributed by atoms with E-state index < -0.39 is 17.6 Å². The Labute approximate surface area is 140 Å². The van der Waals surface area contributed by atoms with E-state index in [9.17, 15) is 14.4 Å². The molecule has 0 bridgehead atoms.